The third kappa shape index (κ3) is 2.77. The van der Waals surface area contributed by atoms with Gasteiger partial charge in [-0.05, 0) is 0 Å². The van der Waals surface area contributed by atoms with Crippen LogP contribution in [0.25, 0.3) is 0 Å². The molecule has 0 aliphatic rings. The Morgan fingerprint density at radius 1 is 1.85 bits per heavy atom. The molecular formula is C8H13N3O2. The van der Waals surface area contributed by atoms with E-state index in [1.165, 1.54) is 0 Å². The molecule has 5 heteroatoms. The molecule has 0 aliphatic heterocycles. The van der Waals surface area contributed by atoms with Crippen molar-refractivity contribution in [2.75, 3.05) is 11.9 Å². The van der Waals surface area contributed by atoms with Crippen LogP contribution in [-0.2, 0) is 11.8 Å². The summed E-state index contributed by atoms with van der Waals surface area (Å²) in [6.45, 7) is 2.08. The van der Waals surface area contributed by atoms with Gasteiger partial charge < -0.3 is 10.4 Å². The summed E-state index contributed by atoms with van der Waals surface area (Å²) < 4.78 is 1.66. The lowest BCUT2D eigenvalue weighted by Gasteiger charge is -2.06. The number of aryl methyl sites for hydroxylation is 1. The van der Waals surface area contributed by atoms with E-state index in [-0.39, 0.29) is 5.92 Å². The SMILES string of the molecule is CC(CNc1cnn(C)c1)C(=O)O. The highest BCUT2D eigenvalue weighted by molar-refractivity contribution is 5.70. The molecule has 1 heterocycles. The van der Waals surface area contributed by atoms with E-state index in [4.69, 9.17) is 5.11 Å². The number of nitrogens with zero attached hydrogens (tertiary/aromatic N) is 2. The van der Waals surface area contributed by atoms with Gasteiger partial charge in [-0.2, -0.15) is 5.10 Å². The molecule has 0 aromatic carbocycles. The summed E-state index contributed by atoms with van der Waals surface area (Å²) in [5.41, 5.74) is 0.843. The minimum absolute atomic E-state index is 0.389. The Hall–Kier alpha value is -1.52. The zero-order chi connectivity index (χ0) is 9.84. The van der Waals surface area contributed by atoms with Gasteiger partial charge in [-0.25, -0.2) is 0 Å². The maximum absolute atomic E-state index is 10.5. The fourth-order valence-electron chi connectivity index (χ4n) is 0.871. The van der Waals surface area contributed by atoms with Crippen molar-refractivity contribution in [3.05, 3.63) is 12.4 Å². The van der Waals surface area contributed by atoms with E-state index in [0.717, 1.165) is 5.69 Å². The van der Waals surface area contributed by atoms with Crippen molar-refractivity contribution in [2.45, 2.75) is 6.92 Å². The van der Waals surface area contributed by atoms with Gasteiger partial charge in [0.25, 0.3) is 0 Å². The molecule has 0 aliphatic carbocycles. The van der Waals surface area contributed by atoms with Crippen LogP contribution < -0.4 is 5.32 Å². The van der Waals surface area contributed by atoms with Crippen molar-refractivity contribution in [1.82, 2.24) is 9.78 Å². The molecule has 13 heavy (non-hydrogen) atoms. The zero-order valence-corrected chi connectivity index (χ0v) is 7.69. The van der Waals surface area contributed by atoms with Gasteiger partial charge in [0.15, 0.2) is 0 Å². The van der Waals surface area contributed by atoms with E-state index in [9.17, 15) is 4.79 Å². The number of hydrogen-bond acceptors (Lipinski definition) is 3. The predicted molar refractivity (Wildman–Crippen MR) is 48.5 cm³/mol. The Balaban J connectivity index is 2.39. The number of aliphatic carboxylic acids is 1. The molecule has 5 nitrogen and oxygen atoms in total. The highest BCUT2D eigenvalue weighted by Crippen LogP contribution is 2.04. The second kappa shape index (κ2) is 3.93. The summed E-state index contributed by atoms with van der Waals surface area (Å²) in [6, 6.07) is 0. The first-order valence-electron chi connectivity index (χ1n) is 4.05. The van der Waals surface area contributed by atoms with Crippen LogP contribution >= 0.6 is 0 Å². The highest BCUT2D eigenvalue weighted by atomic mass is 16.4. The van der Waals surface area contributed by atoms with Gasteiger partial charge in [-0.3, -0.25) is 9.48 Å². The summed E-state index contributed by atoms with van der Waals surface area (Å²) >= 11 is 0. The molecule has 0 amide bonds. The van der Waals surface area contributed by atoms with Gasteiger partial charge >= 0.3 is 5.97 Å². The Morgan fingerprint density at radius 3 is 3.00 bits per heavy atom. The summed E-state index contributed by atoms with van der Waals surface area (Å²) in [6.07, 6.45) is 3.46. The summed E-state index contributed by atoms with van der Waals surface area (Å²) in [7, 11) is 1.81. The lowest BCUT2D eigenvalue weighted by Crippen LogP contribution is -2.19. The quantitative estimate of drug-likeness (QED) is 0.715. The number of carboxylic acids is 1. The topological polar surface area (TPSA) is 67.2 Å². The first-order valence-corrected chi connectivity index (χ1v) is 4.05. The van der Waals surface area contributed by atoms with Gasteiger partial charge in [0, 0.05) is 19.8 Å². The summed E-state index contributed by atoms with van der Waals surface area (Å²) in [5.74, 6) is -1.18. The Kier molecular flexibility index (Phi) is 2.89. The monoisotopic (exact) mass is 183 g/mol. The van der Waals surface area contributed by atoms with Gasteiger partial charge in [0.2, 0.25) is 0 Å². The minimum Gasteiger partial charge on any atom is -0.481 e. The average molecular weight is 183 g/mol. The smallest absolute Gasteiger partial charge is 0.308 e. The molecule has 2 N–H and O–H groups in total. The third-order valence-corrected chi connectivity index (χ3v) is 1.74. The summed E-state index contributed by atoms with van der Waals surface area (Å²) in [4.78, 5) is 10.5. The average Bonchev–Trinajstić information content (AvgIpc) is 2.47. The van der Waals surface area contributed by atoms with E-state index in [1.807, 2.05) is 7.05 Å². The second-order valence-corrected chi connectivity index (χ2v) is 3.02. The fourth-order valence-corrected chi connectivity index (χ4v) is 0.871. The zero-order valence-electron chi connectivity index (χ0n) is 7.69. The van der Waals surface area contributed by atoms with Gasteiger partial charge in [-0.1, -0.05) is 6.92 Å². The number of rotatable bonds is 4. The normalized spacial score (nSPS) is 12.5. The van der Waals surface area contributed by atoms with Crippen LogP contribution in [0.15, 0.2) is 12.4 Å². The Morgan fingerprint density at radius 2 is 2.54 bits per heavy atom. The van der Waals surface area contributed by atoms with Crippen molar-refractivity contribution in [2.24, 2.45) is 13.0 Å². The number of aromatic nitrogens is 2. The largest absolute Gasteiger partial charge is 0.481 e. The van der Waals surface area contributed by atoms with Crippen LogP contribution in [0.2, 0.25) is 0 Å². The number of nitrogens with one attached hydrogen (secondary N) is 1. The molecule has 72 valence electrons. The van der Waals surface area contributed by atoms with Gasteiger partial charge in [0.1, 0.15) is 0 Å². The Bertz CT molecular complexity index is 295. The minimum atomic E-state index is -0.795. The molecule has 1 aromatic heterocycles. The van der Waals surface area contributed by atoms with Crippen molar-refractivity contribution < 1.29 is 9.90 Å². The van der Waals surface area contributed by atoms with Crippen LogP contribution in [0.4, 0.5) is 5.69 Å². The Labute approximate surface area is 76.4 Å². The standard InChI is InChI=1S/C8H13N3O2/c1-6(8(12)13)3-9-7-4-10-11(2)5-7/h4-6,9H,3H2,1-2H3,(H,12,13). The van der Waals surface area contributed by atoms with E-state index in [0.29, 0.717) is 6.54 Å². The van der Waals surface area contributed by atoms with Crippen molar-refractivity contribution in [3.8, 4) is 0 Å². The molecule has 1 aromatic rings. The van der Waals surface area contributed by atoms with E-state index in [2.05, 4.69) is 10.4 Å². The first kappa shape index (κ1) is 9.57. The molecule has 0 radical (unpaired) electrons. The van der Waals surface area contributed by atoms with E-state index >= 15 is 0 Å². The number of hydrogen-bond donors (Lipinski definition) is 2. The van der Waals surface area contributed by atoms with Gasteiger partial charge in [-0.15, -0.1) is 0 Å². The first-order chi connectivity index (χ1) is 6.09. The summed E-state index contributed by atoms with van der Waals surface area (Å²) in [5, 5.41) is 15.5. The van der Waals surface area contributed by atoms with Crippen molar-refractivity contribution in [1.29, 1.82) is 0 Å². The van der Waals surface area contributed by atoms with E-state index in [1.54, 1.807) is 24.0 Å². The number of carbonyl (C=O) groups is 1. The van der Waals surface area contributed by atoms with Crippen molar-refractivity contribution in [3.63, 3.8) is 0 Å². The van der Waals surface area contributed by atoms with Crippen LogP contribution in [0.3, 0.4) is 0 Å². The van der Waals surface area contributed by atoms with Crippen LogP contribution in [0, 0.1) is 5.92 Å². The van der Waals surface area contributed by atoms with Gasteiger partial charge in [0.05, 0.1) is 17.8 Å². The van der Waals surface area contributed by atoms with Crippen LogP contribution in [0.5, 0.6) is 0 Å². The predicted octanol–water partition coefficient (Wildman–Crippen LogP) is 0.553. The van der Waals surface area contributed by atoms with Crippen molar-refractivity contribution >= 4 is 11.7 Å². The fraction of sp³-hybridized carbons (Fsp3) is 0.500. The van der Waals surface area contributed by atoms with E-state index < -0.39 is 5.97 Å². The van der Waals surface area contributed by atoms with Crippen LogP contribution in [-0.4, -0.2) is 27.4 Å². The molecule has 0 saturated carbocycles. The lowest BCUT2D eigenvalue weighted by atomic mass is 10.2. The second-order valence-electron chi connectivity index (χ2n) is 3.02. The molecule has 1 unspecified atom stereocenters. The maximum Gasteiger partial charge on any atom is 0.308 e. The molecule has 0 saturated heterocycles. The molecule has 1 rings (SSSR count). The number of carboxylic acid groups (broad SMARTS) is 1. The lowest BCUT2D eigenvalue weighted by molar-refractivity contribution is -0.140. The third-order valence-electron chi connectivity index (χ3n) is 1.74. The molecule has 1 atom stereocenters. The molecule has 0 bridgehead atoms. The maximum atomic E-state index is 10.5. The molecule has 0 spiro atoms. The highest BCUT2D eigenvalue weighted by Gasteiger charge is 2.09. The van der Waals surface area contributed by atoms with Crippen LogP contribution in [0.1, 0.15) is 6.92 Å². The molecule has 0 fully saturated rings. The number of anilines is 1. The molecular weight excluding hydrogens is 170 g/mol.